The average Bonchev–Trinajstić information content (AvgIpc) is 1.98. The Morgan fingerprint density at radius 2 is 2.30 bits per heavy atom. The zero-order valence-corrected chi connectivity index (χ0v) is 7.37. The first-order chi connectivity index (χ1) is 4.72. The van der Waals surface area contributed by atoms with Crippen LogP contribution in [0.2, 0.25) is 0 Å². The third-order valence-corrected chi connectivity index (χ3v) is 1.75. The van der Waals surface area contributed by atoms with Gasteiger partial charge in [-0.1, -0.05) is 13.3 Å². The first kappa shape index (κ1) is 9.65. The second-order valence-corrected chi connectivity index (χ2v) is 2.61. The van der Waals surface area contributed by atoms with Crippen molar-refractivity contribution in [2.75, 3.05) is 13.6 Å². The van der Waals surface area contributed by atoms with E-state index in [2.05, 4.69) is 12.3 Å². The normalized spacial score (nSPS) is 9.10. The van der Waals surface area contributed by atoms with Crippen LogP contribution >= 0.6 is 12.2 Å². The molecule has 60 valence electrons. The van der Waals surface area contributed by atoms with Crippen molar-refractivity contribution in [2.24, 2.45) is 5.84 Å². The fraction of sp³-hybridized carbons (Fsp3) is 0.833. The van der Waals surface area contributed by atoms with Crippen molar-refractivity contribution in [3.8, 4) is 0 Å². The van der Waals surface area contributed by atoms with Crippen LogP contribution in [0.5, 0.6) is 0 Å². The topological polar surface area (TPSA) is 41.3 Å². The molecule has 0 saturated carbocycles. The summed E-state index contributed by atoms with van der Waals surface area (Å²) in [6, 6.07) is 0. The van der Waals surface area contributed by atoms with Gasteiger partial charge in [-0.25, -0.2) is 5.84 Å². The largest absolute Gasteiger partial charge is 0.351 e. The smallest absolute Gasteiger partial charge is 0.182 e. The molecule has 0 heterocycles. The maximum Gasteiger partial charge on any atom is 0.182 e. The maximum absolute atomic E-state index is 5.11. The molecule has 0 atom stereocenters. The van der Waals surface area contributed by atoms with Crippen LogP contribution in [-0.4, -0.2) is 23.6 Å². The van der Waals surface area contributed by atoms with Gasteiger partial charge >= 0.3 is 0 Å². The number of rotatable bonds is 3. The molecular weight excluding hydrogens is 146 g/mol. The van der Waals surface area contributed by atoms with Crippen molar-refractivity contribution >= 4 is 17.3 Å². The van der Waals surface area contributed by atoms with E-state index in [0.717, 1.165) is 13.0 Å². The number of hydrogen-bond donors (Lipinski definition) is 2. The number of nitrogens with one attached hydrogen (secondary N) is 1. The molecule has 3 nitrogen and oxygen atoms in total. The second kappa shape index (κ2) is 5.44. The van der Waals surface area contributed by atoms with Gasteiger partial charge < -0.3 is 10.3 Å². The molecule has 0 aromatic rings. The highest BCUT2D eigenvalue weighted by molar-refractivity contribution is 7.80. The van der Waals surface area contributed by atoms with Gasteiger partial charge in [0.05, 0.1) is 0 Å². The number of hydrogen-bond acceptors (Lipinski definition) is 2. The van der Waals surface area contributed by atoms with Gasteiger partial charge in [-0.3, -0.25) is 0 Å². The minimum Gasteiger partial charge on any atom is -0.351 e. The first-order valence-electron chi connectivity index (χ1n) is 3.44. The molecule has 10 heavy (non-hydrogen) atoms. The summed E-state index contributed by atoms with van der Waals surface area (Å²) in [5, 5.41) is 0.605. The van der Waals surface area contributed by atoms with Crippen LogP contribution in [0.3, 0.4) is 0 Å². The highest BCUT2D eigenvalue weighted by atomic mass is 32.1. The molecule has 0 aromatic heterocycles. The minimum atomic E-state index is 0.605. The highest BCUT2D eigenvalue weighted by Gasteiger charge is 1.98. The molecule has 0 aliphatic carbocycles. The summed E-state index contributed by atoms with van der Waals surface area (Å²) in [4.78, 5) is 1.93. The Morgan fingerprint density at radius 1 is 1.70 bits per heavy atom. The van der Waals surface area contributed by atoms with Crippen molar-refractivity contribution in [3.63, 3.8) is 0 Å². The monoisotopic (exact) mass is 161 g/mol. The number of hydrazine groups is 1. The van der Waals surface area contributed by atoms with Gasteiger partial charge in [-0.2, -0.15) is 0 Å². The van der Waals surface area contributed by atoms with Gasteiger partial charge in [-0.05, 0) is 18.6 Å². The number of nitrogens with zero attached hydrogens (tertiary/aromatic N) is 1. The molecule has 0 unspecified atom stereocenters. The van der Waals surface area contributed by atoms with Crippen molar-refractivity contribution in [2.45, 2.75) is 19.8 Å². The first-order valence-corrected chi connectivity index (χ1v) is 3.85. The van der Waals surface area contributed by atoms with E-state index in [9.17, 15) is 0 Å². The number of thiocarbonyl (C=S) groups is 1. The Labute approximate surface area is 67.5 Å². The summed E-state index contributed by atoms with van der Waals surface area (Å²) >= 11 is 4.88. The third-order valence-electron chi connectivity index (χ3n) is 1.32. The molecule has 0 spiro atoms. The Morgan fingerprint density at radius 3 is 2.70 bits per heavy atom. The molecule has 0 aromatic carbocycles. The van der Waals surface area contributed by atoms with Gasteiger partial charge in [-0.15, -0.1) is 0 Å². The maximum atomic E-state index is 5.11. The molecule has 0 aliphatic rings. The highest BCUT2D eigenvalue weighted by Crippen LogP contribution is 1.90. The predicted octanol–water partition coefficient (Wildman–Crippen LogP) is 0.467. The lowest BCUT2D eigenvalue weighted by molar-refractivity contribution is 0.477. The Balaban J connectivity index is 3.41. The van der Waals surface area contributed by atoms with Gasteiger partial charge in [0, 0.05) is 13.6 Å². The summed E-state index contributed by atoms with van der Waals surface area (Å²) in [6.07, 6.45) is 2.33. The fourth-order valence-electron chi connectivity index (χ4n) is 0.607. The second-order valence-electron chi connectivity index (χ2n) is 2.22. The molecular formula is C6H15N3S. The third kappa shape index (κ3) is 3.63. The zero-order chi connectivity index (χ0) is 7.98. The van der Waals surface area contributed by atoms with E-state index in [4.69, 9.17) is 18.1 Å². The summed E-state index contributed by atoms with van der Waals surface area (Å²) in [5.41, 5.74) is 2.43. The van der Waals surface area contributed by atoms with Crippen LogP contribution in [0.15, 0.2) is 0 Å². The van der Waals surface area contributed by atoms with E-state index < -0.39 is 0 Å². The van der Waals surface area contributed by atoms with Crippen molar-refractivity contribution in [1.82, 2.24) is 10.3 Å². The summed E-state index contributed by atoms with van der Waals surface area (Å²) in [7, 11) is 1.93. The van der Waals surface area contributed by atoms with E-state index >= 15 is 0 Å². The van der Waals surface area contributed by atoms with E-state index in [1.807, 2.05) is 11.9 Å². The van der Waals surface area contributed by atoms with Crippen molar-refractivity contribution in [3.05, 3.63) is 0 Å². The zero-order valence-electron chi connectivity index (χ0n) is 6.55. The van der Waals surface area contributed by atoms with Crippen LogP contribution < -0.4 is 11.3 Å². The Hall–Kier alpha value is -0.350. The van der Waals surface area contributed by atoms with Gasteiger partial charge in [0.15, 0.2) is 5.11 Å². The van der Waals surface area contributed by atoms with Gasteiger partial charge in [0.2, 0.25) is 0 Å². The standard InChI is InChI=1S/C6H15N3S/c1-3-4-5-9(2)6(10)8-7/h3-5,7H2,1-2H3,(H,8,10). The van der Waals surface area contributed by atoms with Crippen LogP contribution in [0.1, 0.15) is 19.8 Å². The Kier molecular flexibility index (Phi) is 5.25. The molecule has 4 heteroatoms. The minimum absolute atomic E-state index is 0.605. The average molecular weight is 161 g/mol. The van der Waals surface area contributed by atoms with Crippen LogP contribution in [0, 0.1) is 0 Å². The SMILES string of the molecule is CCCCN(C)C(=S)NN. The summed E-state index contributed by atoms with van der Waals surface area (Å²) in [6.45, 7) is 3.12. The lowest BCUT2D eigenvalue weighted by atomic mass is 10.3. The van der Waals surface area contributed by atoms with E-state index in [1.165, 1.54) is 6.42 Å². The quantitative estimate of drug-likeness (QED) is 0.358. The molecule has 0 aliphatic heterocycles. The van der Waals surface area contributed by atoms with Crippen LogP contribution in [0.25, 0.3) is 0 Å². The van der Waals surface area contributed by atoms with E-state index in [1.54, 1.807) is 0 Å². The predicted molar refractivity (Wildman–Crippen MR) is 47.5 cm³/mol. The molecule has 0 bridgehead atoms. The van der Waals surface area contributed by atoms with Crippen LogP contribution in [0.4, 0.5) is 0 Å². The molecule has 0 rings (SSSR count). The lowest BCUT2D eigenvalue weighted by Crippen LogP contribution is -2.41. The molecule has 3 N–H and O–H groups in total. The van der Waals surface area contributed by atoms with Crippen LogP contribution in [-0.2, 0) is 0 Å². The summed E-state index contributed by atoms with van der Waals surface area (Å²) < 4.78 is 0. The fourth-order valence-corrected chi connectivity index (χ4v) is 0.698. The lowest BCUT2D eigenvalue weighted by Gasteiger charge is -2.18. The molecule has 0 saturated heterocycles. The molecule has 0 fully saturated rings. The van der Waals surface area contributed by atoms with E-state index in [0.29, 0.717) is 5.11 Å². The molecule has 0 amide bonds. The number of nitrogens with two attached hydrogens (primary N) is 1. The van der Waals surface area contributed by atoms with Crippen molar-refractivity contribution in [1.29, 1.82) is 0 Å². The Bertz CT molecular complexity index is 105. The van der Waals surface area contributed by atoms with Crippen molar-refractivity contribution < 1.29 is 0 Å². The summed E-state index contributed by atoms with van der Waals surface area (Å²) in [5.74, 6) is 5.11. The van der Waals surface area contributed by atoms with Gasteiger partial charge in [0.25, 0.3) is 0 Å². The van der Waals surface area contributed by atoms with E-state index in [-0.39, 0.29) is 0 Å². The molecule has 0 radical (unpaired) electrons. The number of unbranched alkanes of at least 4 members (excludes halogenated alkanes) is 1. The van der Waals surface area contributed by atoms with Gasteiger partial charge in [0.1, 0.15) is 0 Å².